The normalized spacial score (nSPS) is 10.4. The molecule has 1 N–H and O–H groups in total. The highest BCUT2D eigenvalue weighted by molar-refractivity contribution is 5.92. The highest BCUT2D eigenvalue weighted by atomic mass is 16.5. The van der Waals surface area contributed by atoms with Gasteiger partial charge >= 0.3 is 0 Å². The molecular weight excluding hydrogens is 334 g/mol. The largest absolute Gasteiger partial charge is 0.494 e. The average Bonchev–Trinajstić information content (AvgIpc) is 2.75. The van der Waals surface area contributed by atoms with Gasteiger partial charge in [-0.05, 0) is 22.8 Å². The van der Waals surface area contributed by atoms with Crippen molar-refractivity contribution in [2.24, 2.45) is 0 Å². The molecule has 0 aliphatic carbocycles. The molecule has 0 spiro atoms. The van der Waals surface area contributed by atoms with Crippen LogP contribution in [0, 0.1) is 0 Å². The van der Waals surface area contributed by atoms with Gasteiger partial charge in [-0.25, -0.2) is 4.98 Å². The number of ether oxygens (including phenoxy) is 1. The Bertz CT molecular complexity index is 1020. The number of nitrogens with one attached hydrogen (secondary N) is 1. The third-order valence-corrected chi connectivity index (χ3v) is 4.33. The predicted molar refractivity (Wildman–Crippen MR) is 109 cm³/mol. The van der Waals surface area contributed by atoms with Crippen molar-refractivity contribution >= 4 is 11.5 Å². The zero-order valence-corrected chi connectivity index (χ0v) is 15.0. The van der Waals surface area contributed by atoms with Crippen molar-refractivity contribution in [3.63, 3.8) is 0 Å². The minimum Gasteiger partial charge on any atom is -0.494 e. The Morgan fingerprint density at radius 1 is 0.778 bits per heavy atom. The molecule has 0 aliphatic rings. The molecule has 0 unspecified atom stereocenters. The maximum atomic E-state index is 5.85. The lowest BCUT2D eigenvalue weighted by Crippen LogP contribution is -2.00. The van der Waals surface area contributed by atoms with Gasteiger partial charge in [0.05, 0.1) is 19.0 Å². The number of aromatic nitrogens is 2. The minimum absolute atomic E-state index is 0.669. The van der Waals surface area contributed by atoms with E-state index in [9.17, 15) is 0 Å². The summed E-state index contributed by atoms with van der Waals surface area (Å²) in [6.07, 6.45) is 4.99. The molecule has 0 radical (unpaired) electrons. The molecule has 0 bridgehead atoms. The molecule has 0 aliphatic heterocycles. The van der Waals surface area contributed by atoms with Crippen LogP contribution in [0.25, 0.3) is 22.3 Å². The summed E-state index contributed by atoms with van der Waals surface area (Å²) in [5.74, 6) is 1.44. The van der Waals surface area contributed by atoms with Gasteiger partial charge in [0.2, 0.25) is 0 Å². The van der Waals surface area contributed by atoms with Gasteiger partial charge in [-0.1, -0.05) is 66.7 Å². The number of anilines is 2. The Morgan fingerprint density at radius 3 is 2.11 bits per heavy atom. The number of hydrogen-bond donors (Lipinski definition) is 1. The van der Waals surface area contributed by atoms with Crippen LogP contribution in [0.4, 0.5) is 11.5 Å². The van der Waals surface area contributed by atoms with Crippen molar-refractivity contribution in [2.75, 3.05) is 12.4 Å². The molecule has 27 heavy (non-hydrogen) atoms. The van der Waals surface area contributed by atoms with Crippen molar-refractivity contribution in [2.45, 2.75) is 0 Å². The van der Waals surface area contributed by atoms with Gasteiger partial charge in [0.15, 0.2) is 5.75 Å². The summed E-state index contributed by atoms with van der Waals surface area (Å²) in [5, 5.41) is 3.31. The highest BCUT2D eigenvalue weighted by Crippen LogP contribution is 2.44. The molecule has 0 saturated carbocycles. The summed E-state index contributed by atoms with van der Waals surface area (Å²) in [6.45, 7) is 0. The number of benzene rings is 3. The molecule has 1 aromatic heterocycles. The quantitative estimate of drug-likeness (QED) is 0.510. The van der Waals surface area contributed by atoms with Gasteiger partial charge in [-0.15, -0.1) is 0 Å². The van der Waals surface area contributed by atoms with Crippen LogP contribution in [-0.2, 0) is 0 Å². The van der Waals surface area contributed by atoms with Gasteiger partial charge in [-0.2, -0.15) is 0 Å². The van der Waals surface area contributed by atoms with Crippen molar-refractivity contribution in [3.05, 3.63) is 91.4 Å². The van der Waals surface area contributed by atoms with Crippen LogP contribution >= 0.6 is 0 Å². The van der Waals surface area contributed by atoms with E-state index in [0.717, 1.165) is 33.7 Å². The van der Waals surface area contributed by atoms with Crippen LogP contribution in [0.2, 0.25) is 0 Å². The first-order chi connectivity index (χ1) is 13.4. The third kappa shape index (κ3) is 3.51. The smallest absolute Gasteiger partial charge is 0.150 e. The first-order valence-corrected chi connectivity index (χ1v) is 8.71. The molecule has 4 heteroatoms. The fourth-order valence-electron chi connectivity index (χ4n) is 3.14. The van der Waals surface area contributed by atoms with Crippen LogP contribution in [-0.4, -0.2) is 17.1 Å². The molecule has 3 aromatic carbocycles. The number of hydrogen-bond acceptors (Lipinski definition) is 4. The lowest BCUT2D eigenvalue weighted by molar-refractivity contribution is 0.418. The number of methoxy groups -OCH3 is 1. The maximum Gasteiger partial charge on any atom is 0.150 e. The molecule has 0 saturated heterocycles. The van der Waals surface area contributed by atoms with Gasteiger partial charge < -0.3 is 10.1 Å². The Kier molecular flexibility index (Phi) is 4.79. The zero-order chi connectivity index (χ0) is 18.5. The highest BCUT2D eigenvalue weighted by Gasteiger charge is 2.17. The Balaban J connectivity index is 1.91. The van der Waals surface area contributed by atoms with E-state index in [1.807, 2.05) is 42.5 Å². The van der Waals surface area contributed by atoms with Crippen molar-refractivity contribution in [3.8, 4) is 28.0 Å². The van der Waals surface area contributed by atoms with Crippen LogP contribution in [0.15, 0.2) is 91.4 Å². The number of nitrogens with zero attached hydrogens (tertiary/aromatic N) is 2. The monoisotopic (exact) mass is 353 g/mol. The first kappa shape index (κ1) is 16.8. The molecular formula is C23H19N3O. The second kappa shape index (κ2) is 7.70. The summed E-state index contributed by atoms with van der Waals surface area (Å²) in [7, 11) is 1.69. The summed E-state index contributed by atoms with van der Waals surface area (Å²) >= 11 is 0. The van der Waals surface area contributed by atoms with Crippen molar-refractivity contribution in [1.82, 2.24) is 9.97 Å². The number of rotatable bonds is 5. The fourth-order valence-corrected chi connectivity index (χ4v) is 3.14. The summed E-state index contributed by atoms with van der Waals surface area (Å²) in [4.78, 5) is 8.42. The second-order valence-corrected chi connectivity index (χ2v) is 6.02. The van der Waals surface area contributed by atoms with Crippen LogP contribution in [0.3, 0.4) is 0 Å². The Morgan fingerprint density at radius 2 is 1.48 bits per heavy atom. The van der Waals surface area contributed by atoms with E-state index in [1.54, 1.807) is 25.7 Å². The minimum atomic E-state index is 0.669. The van der Waals surface area contributed by atoms with E-state index in [4.69, 9.17) is 4.74 Å². The van der Waals surface area contributed by atoms with E-state index in [-0.39, 0.29) is 0 Å². The molecule has 4 aromatic rings. The maximum absolute atomic E-state index is 5.85. The third-order valence-electron chi connectivity index (χ3n) is 4.33. The predicted octanol–water partition coefficient (Wildman–Crippen LogP) is 5.56. The second-order valence-electron chi connectivity index (χ2n) is 6.02. The van der Waals surface area contributed by atoms with Gasteiger partial charge in [0.1, 0.15) is 5.82 Å². The van der Waals surface area contributed by atoms with Gasteiger partial charge in [0.25, 0.3) is 0 Å². The van der Waals surface area contributed by atoms with Crippen molar-refractivity contribution < 1.29 is 4.74 Å². The van der Waals surface area contributed by atoms with E-state index < -0.39 is 0 Å². The van der Waals surface area contributed by atoms with E-state index in [1.165, 1.54) is 0 Å². The lowest BCUT2D eigenvalue weighted by Gasteiger charge is -2.19. The van der Waals surface area contributed by atoms with E-state index >= 15 is 0 Å². The topological polar surface area (TPSA) is 47.0 Å². The molecule has 0 atom stereocenters. The van der Waals surface area contributed by atoms with Crippen molar-refractivity contribution in [1.29, 1.82) is 0 Å². The fraction of sp³-hybridized carbons (Fsp3) is 0.0435. The van der Waals surface area contributed by atoms with E-state index in [2.05, 4.69) is 45.6 Å². The van der Waals surface area contributed by atoms with Crippen LogP contribution in [0.5, 0.6) is 5.75 Å². The summed E-state index contributed by atoms with van der Waals surface area (Å²) in [6, 6.07) is 24.7. The molecule has 132 valence electrons. The zero-order valence-electron chi connectivity index (χ0n) is 15.0. The Labute approximate surface area is 158 Å². The standard InChI is InChI=1S/C23H19N3O/c1-27-23-20(26-21-16-24-14-15-25-21)13-12-19(17-8-4-2-5-9-17)22(23)18-10-6-3-7-11-18/h2-16H,1H3,(H,25,26). The molecule has 1 heterocycles. The average molecular weight is 353 g/mol. The lowest BCUT2D eigenvalue weighted by atomic mass is 9.93. The van der Waals surface area contributed by atoms with Crippen LogP contribution < -0.4 is 10.1 Å². The van der Waals surface area contributed by atoms with Gasteiger partial charge in [-0.3, -0.25) is 4.98 Å². The van der Waals surface area contributed by atoms with Crippen LogP contribution in [0.1, 0.15) is 0 Å². The van der Waals surface area contributed by atoms with Gasteiger partial charge in [0, 0.05) is 18.0 Å². The first-order valence-electron chi connectivity index (χ1n) is 8.71. The SMILES string of the molecule is COc1c(Nc2cnccn2)ccc(-c2ccccc2)c1-c1ccccc1. The van der Waals surface area contributed by atoms with E-state index in [0.29, 0.717) is 5.82 Å². The molecule has 0 amide bonds. The molecule has 0 fully saturated rings. The Hall–Kier alpha value is -3.66. The molecule has 4 rings (SSSR count). The molecule has 4 nitrogen and oxygen atoms in total. The summed E-state index contributed by atoms with van der Waals surface area (Å²) in [5.41, 5.74) is 5.23. The summed E-state index contributed by atoms with van der Waals surface area (Å²) < 4.78 is 5.85.